The second kappa shape index (κ2) is 3.96. The number of hydrogen-bond donors (Lipinski definition) is 1. The van der Waals surface area contributed by atoms with Crippen molar-refractivity contribution < 1.29 is 9.90 Å². The highest BCUT2D eigenvalue weighted by Crippen LogP contribution is 2.21. The number of nitrogens with zero attached hydrogens (tertiary/aromatic N) is 1. The molecule has 3 nitrogen and oxygen atoms in total. The van der Waals surface area contributed by atoms with E-state index in [9.17, 15) is 4.79 Å². The quantitative estimate of drug-likeness (QED) is 0.627. The van der Waals surface area contributed by atoms with Crippen LogP contribution >= 0.6 is 0 Å². The van der Waals surface area contributed by atoms with Crippen LogP contribution in [0.5, 0.6) is 0 Å². The number of amides is 1. The summed E-state index contributed by atoms with van der Waals surface area (Å²) in [5.41, 5.74) is 0.802. The van der Waals surface area contributed by atoms with Crippen LogP contribution in [-0.4, -0.2) is 35.1 Å². The van der Waals surface area contributed by atoms with E-state index in [0.29, 0.717) is 12.5 Å². The molecule has 1 saturated heterocycles. The summed E-state index contributed by atoms with van der Waals surface area (Å²) in [6, 6.07) is 0.291. The minimum absolute atomic E-state index is 0.0193. The van der Waals surface area contributed by atoms with Gasteiger partial charge in [0.25, 0.3) is 0 Å². The molecule has 1 unspecified atom stereocenters. The molecular formula is C11H15NO2. The van der Waals surface area contributed by atoms with Crippen molar-refractivity contribution in [3.63, 3.8) is 0 Å². The predicted molar refractivity (Wildman–Crippen MR) is 53.7 cm³/mol. The van der Waals surface area contributed by atoms with E-state index in [0.717, 1.165) is 25.0 Å². The minimum Gasteiger partial charge on any atom is -0.392 e. The number of fused-ring (bicyclic) bond motifs is 1. The van der Waals surface area contributed by atoms with Gasteiger partial charge in [0.05, 0.1) is 12.6 Å². The van der Waals surface area contributed by atoms with Crippen molar-refractivity contribution >= 4 is 5.91 Å². The molecule has 1 atom stereocenters. The third-order valence-corrected chi connectivity index (χ3v) is 2.85. The maximum atomic E-state index is 11.7. The normalized spacial score (nSPS) is 32.9. The number of allylic oxidation sites excluding steroid dienone is 1. The molecule has 0 aromatic carbocycles. The number of rotatable bonds is 1. The molecule has 0 spiro atoms. The fraction of sp³-hybridized carbons (Fsp3) is 0.545. The smallest absolute Gasteiger partial charge is 0.247 e. The van der Waals surface area contributed by atoms with Gasteiger partial charge in [-0.15, -0.1) is 0 Å². The van der Waals surface area contributed by atoms with Gasteiger partial charge < -0.3 is 10.0 Å². The Labute approximate surface area is 83.7 Å². The van der Waals surface area contributed by atoms with E-state index >= 15 is 0 Å². The van der Waals surface area contributed by atoms with Gasteiger partial charge in [0.2, 0.25) is 5.91 Å². The molecule has 3 heteroatoms. The summed E-state index contributed by atoms with van der Waals surface area (Å²) in [5, 5.41) is 8.99. The number of carbonyl (C=O) groups excluding carboxylic acids is 1. The molecule has 0 radical (unpaired) electrons. The van der Waals surface area contributed by atoms with Gasteiger partial charge in [-0.2, -0.15) is 0 Å². The van der Waals surface area contributed by atoms with Crippen LogP contribution in [0.4, 0.5) is 0 Å². The van der Waals surface area contributed by atoms with Crippen LogP contribution in [0.3, 0.4) is 0 Å². The van der Waals surface area contributed by atoms with E-state index in [-0.39, 0.29) is 12.5 Å². The molecule has 1 N–H and O–H groups in total. The molecule has 2 heterocycles. The third kappa shape index (κ3) is 1.73. The zero-order chi connectivity index (χ0) is 9.97. The van der Waals surface area contributed by atoms with Gasteiger partial charge >= 0.3 is 0 Å². The molecule has 0 aliphatic carbocycles. The molecule has 0 saturated carbocycles. The summed E-state index contributed by atoms with van der Waals surface area (Å²) >= 11 is 0. The highest BCUT2D eigenvalue weighted by atomic mass is 16.3. The maximum Gasteiger partial charge on any atom is 0.247 e. The molecule has 0 aromatic rings. The summed E-state index contributed by atoms with van der Waals surface area (Å²) in [6.45, 7) is 0.831. The summed E-state index contributed by atoms with van der Waals surface area (Å²) in [7, 11) is 0. The van der Waals surface area contributed by atoms with E-state index in [1.165, 1.54) is 0 Å². The van der Waals surface area contributed by atoms with Gasteiger partial charge in [-0.25, -0.2) is 0 Å². The maximum absolute atomic E-state index is 11.7. The largest absolute Gasteiger partial charge is 0.392 e. The summed E-state index contributed by atoms with van der Waals surface area (Å²) in [5.74, 6) is 0.0564. The second-order valence-corrected chi connectivity index (χ2v) is 3.83. The molecule has 2 rings (SSSR count). The van der Waals surface area contributed by atoms with Crippen molar-refractivity contribution in [3.05, 3.63) is 23.8 Å². The molecule has 1 amide bonds. The van der Waals surface area contributed by atoms with Gasteiger partial charge in [0.1, 0.15) is 0 Å². The van der Waals surface area contributed by atoms with Crippen LogP contribution in [-0.2, 0) is 4.79 Å². The fourth-order valence-electron chi connectivity index (χ4n) is 2.07. The molecule has 14 heavy (non-hydrogen) atoms. The lowest BCUT2D eigenvalue weighted by Crippen LogP contribution is -2.33. The number of aliphatic hydroxyl groups excluding tert-OH is 1. The Balaban J connectivity index is 2.21. The standard InChI is InChI=1S/C11H15NO2/c13-8-9-3-1-4-10-5-2-6-12(10)11(14)7-9/h1,4,7,10,13H,2-3,5-6,8H2/b4-1-,9-7+. The Kier molecular flexibility index (Phi) is 2.68. The van der Waals surface area contributed by atoms with E-state index in [1.54, 1.807) is 6.08 Å². The number of carbonyl (C=O) groups is 1. The topological polar surface area (TPSA) is 40.5 Å². The molecule has 0 aromatic heterocycles. The van der Waals surface area contributed by atoms with Crippen molar-refractivity contribution in [2.45, 2.75) is 25.3 Å². The number of hydrogen-bond acceptors (Lipinski definition) is 2. The Morgan fingerprint density at radius 2 is 2.43 bits per heavy atom. The first-order chi connectivity index (χ1) is 6.81. The summed E-state index contributed by atoms with van der Waals surface area (Å²) < 4.78 is 0. The van der Waals surface area contributed by atoms with E-state index < -0.39 is 0 Å². The highest BCUT2D eigenvalue weighted by Gasteiger charge is 2.26. The van der Waals surface area contributed by atoms with Crippen molar-refractivity contribution in [1.82, 2.24) is 4.90 Å². The lowest BCUT2D eigenvalue weighted by atomic mass is 10.1. The van der Waals surface area contributed by atoms with E-state index in [2.05, 4.69) is 12.2 Å². The Morgan fingerprint density at radius 1 is 1.57 bits per heavy atom. The van der Waals surface area contributed by atoms with Crippen LogP contribution in [0.25, 0.3) is 0 Å². The summed E-state index contributed by atoms with van der Waals surface area (Å²) in [6.07, 6.45) is 8.59. The van der Waals surface area contributed by atoms with E-state index in [4.69, 9.17) is 5.11 Å². The SMILES string of the molecule is O=C1/C=C(/CO)C/C=C\C2CCCN12. The number of aliphatic hydroxyl groups is 1. The van der Waals surface area contributed by atoms with Gasteiger partial charge in [-0.05, 0) is 24.8 Å². The average Bonchev–Trinajstić information content (AvgIpc) is 2.61. The summed E-state index contributed by atoms with van der Waals surface area (Å²) in [4.78, 5) is 13.6. The Bertz CT molecular complexity index is 294. The van der Waals surface area contributed by atoms with Crippen molar-refractivity contribution in [1.29, 1.82) is 0 Å². The zero-order valence-corrected chi connectivity index (χ0v) is 8.15. The lowest BCUT2D eigenvalue weighted by Gasteiger charge is -2.22. The molecule has 0 bridgehead atoms. The van der Waals surface area contributed by atoms with Crippen molar-refractivity contribution in [2.24, 2.45) is 0 Å². The van der Waals surface area contributed by atoms with Crippen molar-refractivity contribution in [3.8, 4) is 0 Å². The van der Waals surface area contributed by atoms with Crippen LogP contribution in [0.1, 0.15) is 19.3 Å². The zero-order valence-electron chi connectivity index (χ0n) is 8.15. The van der Waals surface area contributed by atoms with Crippen LogP contribution < -0.4 is 0 Å². The molecule has 2 aliphatic heterocycles. The molecule has 1 fully saturated rings. The second-order valence-electron chi connectivity index (χ2n) is 3.83. The van der Waals surface area contributed by atoms with Crippen LogP contribution in [0.2, 0.25) is 0 Å². The fourth-order valence-corrected chi connectivity index (χ4v) is 2.07. The van der Waals surface area contributed by atoms with Gasteiger partial charge in [0.15, 0.2) is 0 Å². The van der Waals surface area contributed by atoms with Gasteiger partial charge in [-0.1, -0.05) is 12.2 Å². The first kappa shape index (κ1) is 9.46. The molecule has 76 valence electrons. The molecular weight excluding hydrogens is 178 g/mol. The lowest BCUT2D eigenvalue weighted by molar-refractivity contribution is -0.126. The third-order valence-electron chi connectivity index (χ3n) is 2.85. The van der Waals surface area contributed by atoms with Crippen LogP contribution in [0, 0.1) is 0 Å². The Hall–Kier alpha value is -1.09. The monoisotopic (exact) mass is 193 g/mol. The van der Waals surface area contributed by atoms with Gasteiger partial charge in [0, 0.05) is 12.6 Å². The van der Waals surface area contributed by atoms with Crippen LogP contribution in [0.15, 0.2) is 23.8 Å². The minimum atomic E-state index is -0.0193. The Morgan fingerprint density at radius 3 is 3.21 bits per heavy atom. The van der Waals surface area contributed by atoms with E-state index in [1.807, 2.05) is 4.90 Å². The molecule has 2 aliphatic rings. The first-order valence-electron chi connectivity index (χ1n) is 5.09. The van der Waals surface area contributed by atoms with Crippen molar-refractivity contribution in [2.75, 3.05) is 13.2 Å². The average molecular weight is 193 g/mol. The van der Waals surface area contributed by atoms with Gasteiger partial charge in [-0.3, -0.25) is 4.79 Å². The first-order valence-corrected chi connectivity index (χ1v) is 5.09. The highest BCUT2D eigenvalue weighted by molar-refractivity contribution is 5.89. The predicted octanol–water partition coefficient (Wildman–Crippen LogP) is 0.856.